The second-order valence-corrected chi connectivity index (χ2v) is 5.51. The van der Waals surface area contributed by atoms with Gasteiger partial charge in [-0.1, -0.05) is 30.4 Å². The Hall–Kier alpha value is -3.07. The molecule has 0 fully saturated rings. The molecule has 3 heteroatoms. The lowest BCUT2D eigenvalue weighted by Crippen LogP contribution is -1.98. The Morgan fingerprint density at radius 2 is 1.67 bits per heavy atom. The van der Waals surface area contributed by atoms with Crippen molar-refractivity contribution in [2.75, 3.05) is 5.32 Å². The zero-order valence-corrected chi connectivity index (χ0v) is 13.6. The number of hydrogen-bond donors (Lipinski definition) is 1. The molecule has 0 aliphatic rings. The van der Waals surface area contributed by atoms with Crippen LogP contribution in [-0.2, 0) is 12.8 Å². The van der Waals surface area contributed by atoms with Crippen LogP contribution in [-0.4, -0.2) is 9.78 Å². The number of allylic oxidation sites excluding steroid dienone is 2. The van der Waals surface area contributed by atoms with Crippen LogP contribution < -0.4 is 5.32 Å². The van der Waals surface area contributed by atoms with E-state index in [0.29, 0.717) is 0 Å². The average Bonchev–Trinajstić information content (AvgIpc) is 3.05. The Kier molecular flexibility index (Phi) is 4.92. The largest absolute Gasteiger partial charge is 0.339 e. The molecule has 2 aromatic carbocycles. The van der Waals surface area contributed by atoms with Gasteiger partial charge in [0.25, 0.3) is 0 Å². The van der Waals surface area contributed by atoms with Crippen molar-refractivity contribution in [2.45, 2.75) is 12.8 Å². The summed E-state index contributed by atoms with van der Waals surface area (Å²) in [5.41, 5.74) is 4.25. The monoisotopic (exact) mass is 314 g/mol. The summed E-state index contributed by atoms with van der Waals surface area (Å²) in [6, 6.07) is 19.6. The van der Waals surface area contributed by atoms with Gasteiger partial charge in [0.05, 0.1) is 5.69 Å². The molecule has 0 aliphatic heterocycles. The van der Waals surface area contributed by atoms with Crippen molar-refractivity contribution in [3.63, 3.8) is 0 Å². The zero-order chi connectivity index (χ0) is 16.8. The second kappa shape index (κ2) is 7.47. The Bertz CT molecular complexity index is 803. The van der Waals surface area contributed by atoms with Crippen LogP contribution in [0, 0.1) is 6.07 Å². The fourth-order valence-corrected chi connectivity index (χ4v) is 2.56. The number of nitrogens with zero attached hydrogens (tertiary/aromatic N) is 2. The van der Waals surface area contributed by atoms with Crippen molar-refractivity contribution in [3.8, 4) is 5.69 Å². The highest BCUT2D eigenvalue weighted by Gasteiger charge is 2.04. The molecule has 3 aromatic rings. The van der Waals surface area contributed by atoms with Gasteiger partial charge in [-0.2, -0.15) is 5.10 Å². The maximum absolute atomic E-state index is 4.58. The molecule has 1 N–H and O–H groups in total. The SMILES string of the molecule is C=CCc1[c]c(CC=C)cc(Nc2ccn(-c3ccccc3)n2)c1. The first-order valence-electron chi connectivity index (χ1n) is 7.93. The molecule has 1 radical (unpaired) electrons. The maximum Gasteiger partial charge on any atom is 0.152 e. The van der Waals surface area contributed by atoms with Gasteiger partial charge in [0.15, 0.2) is 5.82 Å². The van der Waals surface area contributed by atoms with Gasteiger partial charge in [-0.25, -0.2) is 4.68 Å². The molecular formula is C21H20N3. The van der Waals surface area contributed by atoms with Crippen molar-refractivity contribution in [3.05, 3.63) is 97.2 Å². The summed E-state index contributed by atoms with van der Waals surface area (Å²) in [6.45, 7) is 7.61. The third-order valence-electron chi connectivity index (χ3n) is 3.59. The molecule has 0 spiro atoms. The third-order valence-corrected chi connectivity index (χ3v) is 3.59. The van der Waals surface area contributed by atoms with E-state index in [1.54, 1.807) is 0 Å². The van der Waals surface area contributed by atoms with E-state index in [1.165, 1.54) is 0 Å². The lowest BCUT2D eigenvalue weighted by molar-refractivity contribution is 0.884. The van der Waals surface area contributed by atoms with E-state index in [4.69, 9.17) is 0 Å². The highest BCUT2D eigenvalue weighted by atomic mass is 15.3. The lowest BCUT2D eigenvalue weighted by atomic mass is 10.0. The van der Waals surface area contributed by atoms with Crippen LogP contribution in [0.5, 0.6) is 0 Å². The molecule has 24 heavy (non-hydrogen) atoms. The maximum atomic E-state index is 4.58. The Morgan fingerprint density at radius 3 is 2.29 bits per heavy atom. The van der Waals surface area contributed by atoms with Gasteiger partial charge in [0.1, 0.15) is 0 Å². The zero-order valence-electron chi connectivity index (χ0n) is 13.6. The molecule has 0 amide bonds. The number of anilines is 2. The first kappa shape index (κ1) is 15.8. The second-order valence-electron chi connectivity index (χ2n) is 5.51. The molecule has 0 saturated carbocycles. The lowest BCUT2D eigenvalue weighted by Gasteiger charge is -2.08. The van der Waals surface area contributed by atoms with E-state index < -0.39 is 0 Å². The van der Waals surface area contributed by atoms with Gasteiger partial charge < -0.3 is 5.32 Å². The summed E-state index contributed by atoms with van der Waals surface area (Å²) >= 11 is 0. The van der Waals surface area contributed by atoms with Crippen molar-refractivity contribution in [1.29, 1.82) is 0 Å². The first-order valence-corrected chi connectivity index (χ1v) is 7.93. The number of aromatic nitrogens is 2. The van der Waals surface area contributed by atoms with Crippen LogP contribution in [0.2, 0.25) is 0 Å². The van der Waals surface area contributed by atoms with Crippen molar-refractivity contribution < 1.29 is 0 Å². The normalized spacial score (nSPS) is 10.3. The summed E-state index contributed by atoms with van der Waals surface area (Å²) in [7, 11) is 0. The molecule has 119 valence electrons. The topological polar surface area (TPSA) is 29.9 Å². The van der Waals surface area contributed by atoms with Crippen LogP contribution >= 0.6 is 0 Å². The van der Waals surface area contributed by atoms with Gasteiger partial charge in [0.2, 0.25) is 0 Å². The molecule has 0 bridgehead atoms. The minimum Gasteiger partial charge on any atom is -0.339 e. The summed E-state index contributed by atoms with van der Waals surface area (Å²) in [5, 5.41) is 7.95. The molecule has 3 nitrogen and oxygen atoms in total. The van der Waals surface area contributed by atoms with E-state index in [9.17, 15) is 0 Å². The minimum absolute atomic E-state index is 0.790. The average molecular weight is 314 g/mol. The van der Waals surface area contributed by atoms with E-state index in [0.717, 1.165) is 41.2 Å². The summed E-state index contributed by atoms with van der Waals surface area (Å²) < 4.78 is 1.85. The molecule has 1 aromatic heterocycles. The highest BCUT2D eigenvalue weighted by molar-refractivity contribution is 5.58. The van der Waals surface area contributed by atoms with E-state index in [1.807, 2.05) is 59.4 Å². The van der Waals surface area contributed by atoms with Crippen LogP contribution in [0.4, 0.5) is 11.5 Å². The van der Waals surface area contributed by atoms with E-state index in [-0.39, 0.29) is 0 Å². The summed E-state index contributed by atoms with van der Waals surface area (Å²) in [6.07, 6.45) is 7.30. The smallest absolute Gasteiger partial charge is 0.152 e. The summed E-state index contributed by atoms with van der Waals surface area (Å²) in [4.78, 5) is 0. The highest BCUT2D eigenvalue weighted by Crippen LogP contribution is 2.20. The fraction of sp³-hybridized carbons (Fsp3) is 0.0952. The Balaban J connectivity index is 1.84. The minimum atomic E-state index is 0.790. The molecule has 0 unspecified atom stereocenters. The van der Waals surface area contributed by atoms with Gasteiger partial charge in [0, 0.05) is 18.0 Å². The quantitative estimate of drug-likeness (QED) is 0.630. The number of nitrogens with one attached hydrogen (secondary N) is 1. The standard InChI is InChI=1S/C21H20N3/c1-3-8-17-14-18(9-4-2)16-19(15-17)22-21-12-13-24(23-21)20-10-6-5-7-11-20/h3-7,10-13,15-16H,1-2,8-9H2,(H,22,23). The van der Waals surface area contributed by atoms with E-state index >= 15 is 0 Å². The Morgan fingerprint density at radius 1 is 1.00 bits per heavy atom. The molecule has 3 rings (SSSR count). The predicted octanol–water partition coefficient (Wildman–Crippen LogP) is 4.87. The van der Waals surface area contributed by atoms with Crippen molar-refractivity contribution >= 4 is 11.5 Å². The first-order chi connectivity index (χ1) is 11.8. The van der Waals surface area contributed by atoms with Crippen LogP contribution in [0.1, 0.15) is 11.1 Å². The van der Waals surface area contributed by atoms with E-state index in [2.05, 4.69) is 41.8 Å². The van der Waals surface area contributed by atoms with Gasteiger partial charge in [-0.15, -0.1) is 13.2 Å². The number of para-hydroxylation sites is 1. The fourth-order valence-electron chi connectivity index (χ4n) is 2.56. The van der Waals surface area contributed by atoms with Crippen LogP contribution in [0.15, 0.2) is 80.0 Å². The van der Waals surface area contributed by atoms with Crippen LogP contribution in [0.3, 0.4) is 0 Å². The molecule has 1 heterocycles. The number of hydrogen-bond acceptors (Lipinski definition) is 2. The van der Waals surface area contributed by atoms with Gasteiger partial charge in [-0.05, 0) is 54.3 Å². The van der Waals surface area contributed by atoms with Crippen molar-refractivity contribution in [2.24, 2.45) is 0 Å². The number of benzene rings is 2. The molecule has 0 aliphatic carbocycles. The predicted molar refractivity (Wildman–Crippen MR) is 99.9 cm³/mol. The van der Waals surface area contributed by atoms with Crippen LogP contribution in [0.25, 0.3) is 5.69 Å². The molecular weight excluding hydrogens is 294 g/mol. The molecule has 0 saturated heterocycles. The van der Waals surface area contributed by atoms with Crippen molar-refractivity contribution in [1.82, 2.24) is 9.78 Å². The molecule has 0 atom stereocenters. The van der Waals surface area contributed by atoms with Gasteiger partial charge >= 0.3 is 0 Å². The Labute approximate surface area is 143 Å². The summed E-state index contributed by atoms with van der Waals surface area (Å²) in [5.74, 6) is 0.805. The number of rotatable bonds is 7. The van der Waals surface area contributed by atoms with Gasteiger partial charge in [-0.3, -0.25) is 0 Å². The third kappa shape index (κ3) is 3.82.